The van der Waals surface area contributed by atoms with Crippen LogP contribution in [0.3, 0.4) is 0 Å². The summed E-state index contributed by atoms with van der Waals surface area (Å²) in [6.45, 7) is 10.9. The second-order valence-corrected chi connectivity index (χ2v) is 8.34. The molecule has 0 saturated carbocycles. The molecule has 1 aliphatic rings. The molecule has 26 heavy (non-hydrogen) atoms. The summed E-state index contributed by atoms with van der Waals surface area (Å²) in [5, 5.41) is 9.58. The van der Waals surface area contributed by atoms with Crippen molar-refractivity contribution in [3.8, 4) is 11.4 Å². The van der Waals surface area contributed by atoms with Crippen LogP contribution in [0.5, 0.6) is 0 Å². The second kappa shape index (κ2) is 8.25. The summed E-state index contributed by atoms with van der Waals surface area (Å²) < 4.78 is 2.12. The van der Waals surface area contributed by atoms with E-state index in [1.807, 2.05) is 11.0 Å². The largest absolute Gasteiger partial charge is 0.342 e. The smallest absolute Gasteiger partial charge is 0.236 e. The molecule has 6 heteroatoms. The highest BCUT2D eigenvalue weighted by atomic mass is 32.2. The van der Waals surface area contributed by atoms with Crippen LogP contribution in [-0.2, 0) is 11.3 Å². The highest BCUT2D eigenvalue weighted by molar-refractivity contribution is 8.00. The number of amides is 1. The van der Waals surface area contributed by atoms with E-state index >= 15 is 0 Å². The third kappa shape index (κ3) is 3.95. The van der Waals surface area contributed by atoms with Gasteiger partial charge in [-0.05, 0) is 38.7 Å². The maximum absolute atomic E-state index is 13.0. The molecule has 0 aliphatic carbocycles. The molecule has 1 fully saturated rings. The predicted molar refractivity (Wildman–Crippen MR) is 106 cm³/mol. The van der Waals surface area contributed by atoms with Gasteiger partial charge in [-0.2, -0.15) is 0 Å². The lowest BCUT2D eigenvalue weighted by Gasteiger charge is -2.25. The van der Waals surface area contributed by atoms with Crippen LogP contribution in [0.1, 0.15) is 39.2 Å². The summed E-state index contributed by atoms with van der Waals surface area (Å²) in [5.74, 6) is 1.36. The van der Waals surface area contributed by atoms with Gasteiger partial charge in [-0.25, -0.2) is 0 Å². The Kier molecular flexibility index (Phi) is 6.01. The number of hydrogen-bond donors (Lipinski definition) is 0. The predicted octanol–water partition coefficient (Wildman–Crippen LogP) is 4.01. The summed E-state index contributed by atoms with van der Waals surface area (Å²) >= 11 is 1.56. The van der Waals surface area contributed by atoms with Gasteiger partial charge in [0.05, 0.1) is 5.25 Å². The van der Waals surface area contributed by atoms with Gasteiger partial charge in [-0.1, -0.05) is 49.4 Å². The first-order valence-electron chi connectivity index (χ1n) is 9.47. The Labute approximate surface area is 160 Å². The molecule has 1 aliphatic heterocycles. The summed E-state index contributed by atoms with van der Waals surface area (Å²) in [7, 11) is 0. The second-order valence-electron chi connectivity index (χ2n) is 7.23. The molecule has 1 amide bonds. The summed E-state index contributed by atoms with van der Waals surface area (Å²) in [5.41, 5.74) is 2.27. The quantitative estimate of drug-likeness (QED) is 0.719. The summed E-state index contributed by atoms with van der Waals surface area (Å²) in [6.07, 6.45) is 2.23. The summed E-state index contributed by atoms with van der Waals surface area (Å²) in [4.78, 5) is 15.0. The lowest BCUT2D eigenvalue weighted by Crippen LogP contribution is -2.38. The van der Waals surface area contributed by atoms with Gasteiger partial charge in [0.15, 0.2) is 11.0 Å². The third-order valence-electron chi connectivity index (χ3n) is 4.81. The molecule has 2 heterocycles. The Morgan fingerprint density at radius 1 is 1.23 bits per heavy atom. The molecule has 0 spiro atoms. The van der Waals surface area contributed by atoms with Gasteiger partial charge in [-0.15, -0.1) is 10.2 Å². The van der Waals surface area contributed by atoms with Crippen molar-refractivity contribution in [1.29, 1.82) is 0 Å². The van der Waals surface area contributed by atoms with E-state index in [2.05, 4.69) is 60.7 Å². The number of thioether (sulfide) groups is 1. The lowest BCUT2D eigenvalue weighted by atomic mass is 10.1. The zero-order valence-corrected chi connectivity index (χ0v) is 16.9. The minimum Gasteiger partial charge on any atom is -0.342 e. The lowest BCUT2D eigenvalue weighted by molar-refractivity contribution is -0.130. The Bertz CT molecular complexity index is 765. The first-order valence-corrected chi connectivity index (χ1v) is 10.3. The van der Waals surface area contributed by atoms with E-state index in [9.17, 15) is 4.79 Å². The molecule has 1 saturated heterocycles. The minimum absolute atomic E-state index is 0.118. The zero-order valence-electron chi connectivity index (χ0n) is 16.1. The molecule has 140 valence electrons. The SMILES string of the molecule is CCn1c(SC(C(=O)N2CCCC2)C(C)C)nnc1-c1cccc(C)c1. The number of aryl methyl sites for hydroxylation is 1. The average molecular weight is 373 g/mol. The molecular weight excluding hydrogens is 344 g/mol. The van der Waals surface area contributed by atoms with Crippen LogP contribution < -0.4 is 0 Å². The molecule has 0 N–H and O–H groups in total. The van der Waals surface area contributed by atoms with Crippen LogP contribution in [0.4, 0.5) is 0 Å². The first-order chi connectivity index (χ1) is 12.5. The monoisotopic (exact) mass is 372 g/mol. The summed E-state index contributed by atoms with van der Waals surface area (Å²) in [6, 6.07) is 8.31. The third-order valence-corrected chi connectivity index (χ3v) is 6.32. The van der Waals surface area contributed by atoms with E-state index in [0.29, 0.717) is 0 Å². The number of carbonyl (C=O) groups is 1. The van der Waals surface area contributed by atoms with Gasteiger partial charge < -0.3 is 9.47 Å². The Balaban J connectivity index is 1.87. The number of aromatic nitrogens is 3. The van der Waals surface area contributed by atoms with Gasteiger partial charge in [0.2, 0.25) is 5.91 Å². The highest BCUT2D eigenvalue weighted by Crippen LogP contribution is 2.32. The van der Waals surface area contributed by atoms with Crippen molar-refractivity contribution in [3.63, 3.8) is 0 Å². The number of hydrogen-bond acceptors (Lipinski definition) is 4. The topological polar surface area (TPSA) is 51.0 Å². The van der Waals surface area contributed by atoms with Crippen LogP contribution in [-0.4, -0.2) is 43.9 Å². The number of likely N-dealkylation sites (tertiary alicyclic amines) is 1. The molecule has 0 radical (unpaired) electrons. The van der Waals surface area contributed by atoms with E-state index in [0.717, 1.165) is 49.0 Å². The zero-order chi connectivity index (χ0) is 18.7. The van der Waals surface area contributed by atoms with Crippen molar-refractivity contribution in [1.82, 2.24) is 19.7 Å². The van der Waals surface area contributed by atoms with Gasteiger partial charge in [0.1, 0.15) is 0 Å². The van der Waals surface area contributed by atoms with Gasteiger partial charge in [0.25, 0.3) is 0 Å². The van der Waals surface area contributed by atoms with Crippen LogP contribution in [0.2, 0.25) is 0 Å². The number of rotatable bonds is 6. The van der Waals surface area contributed by atoms with Crippen molar-refractivity contribution in [2.45, 2.75) is 57.5 Å². The van der Waals surface area contributed by atoms with Crippen molar-refractivity contribution in [3.05, 3.63) is 29.8 Å². The molecular formula is C20H28N4OS. The van der Waals surface area contributed by atoms with Crippen LogP contribution in [0.25, 0.3) is 11.4 Å². The fraction of sp³-hybridized carbons (Fsp3) is 0.550. The Morgan fingerprint density at radius 2 is 1.96 bits per heavy atom. The Morgan fingerprint density at radius 3 is 2.58 bits per heavy atom. The molecule has 1 atom stereocenters. The van der Waals surface area contributed by atoms with Crippen LogP contribution in [0.15, 0.2) is 29.4 Å². The van der Waals surface area contributed by atoms with Gasteiger partial charge in [0, 0.05) is 25.2 Å². The van der Waals surface area contributed by atoms with E-state index in [1.165, 1.54) is 5.56 Å². The number of nitrogens with zero attached hydrogens (tertiary/aromatic N) is 4. The van der Waals surface area contributed by atoms with E-state index in [-0.39, 0.29) is 17.1 Å². The van der Waals surface area contributed by atoms with E-state index < -0.39 is 0 Å². The number of carbonyl (C=O) groups excluding carboxylic acids is 1. The normalized spacial score (nSPS) is 15.7. The first kappa shape index (κ1) is 19.0. The highest BCUT2D eigenvalue weighted by Gasteiger charge is 2.31. The molecule has 5 nitrogen and oxygen atoms in total. The van der Waals surface area contributed by atoms with Crippen LogP contribution in [0, 0.1) is 12.8 Å². The van der Waals surface area contributed by atoms with E-state index in [1.54, 1.807) is 11.8 Å². The molecule has 2 aromatic rings. The van der Waals surface area contributed by atoms with Gasteiger partial charge in [-0.3, -0.25) is 4.79 Å². The maximum Gasteiger partial charge on any atom is 0.236 e. The minimum atomic E-state index is -0.118. The van der Waals surface area contributed by atoms with Crippen molar-refractivity contribution in [2.75, 3.05) is 13.1 Å². The Hall–Kier alpha value is -1.82. The maximum atomic E-state index is 13.0. The van der Waals surface area contributed by atoms with Crippen molar-refractivity contribution >= 4 is 17.7 Å². The van der Waals surface area contributed by atoms with Crippen molar-refractivity contribution in [2.24, 2.45) is 5.92 Å². The molecule has 1 aromatic carbocycles. The molecule has 1 unspecified atom stereocenters. The molecule has 3 rings (SSSR count). The molecule has 1 aromatic heterocycles. The van der Waals surface area contributed by atoms with Gasteiger partial charge >= 0.3 is 0 Å². The molecule has 0 bridgehead atoms. The fourth-order valence-electron chi connectivity index (χ4n) is 3.36. The van der Waals surface area contributed by atoms with E-state index in [4.69, 9.17) is 0 Å². The fourth-order valence-corrected chi connectivity index (χ4v) is 4.54. The standard InChI is InChI=1S/C20H28N4OS/c1-5-24-18(16-10-8-9-15(4)13-16)21-22-20(24)26-17(14(2)3)19(25)23-11-6-7-12-23/h8-10,13-14,17H,5-7,11-12H2,1-4H3. The van der Waals surface area contributed by atoms with Crippen LogP contribution >= 0.6 is 11.8 Å². The average Bonchev–Trinajstić information content (AvgIpc) is 3.28. The number of benzene rings is 1. The van der Waals surface area contributed by atoms with Crippen molar-refractivity contribution < 1.29 is 4.79 Å².